The summed E-state index contributed by atoms with van der Waals surface area (Å²) in [5.41, 5.74) is 5.23. The number of ketones is 2. The Morgan fingerprint density at radius 2 is 0.891 bits per heavy atom. The Hall–Kier alpha value is -4.42. The minimum absolute atomic E-state index is 0.277. The normalized spacial score (nSPS) is 17.9. The summed E-state index contributed by atoms with van der Waals surface area (Å²) in [6, 6.07) is 11.5. The highest BCUT2D eigenvalue weighted by molar-refractivity contribution is 5.98. The number of aryl methyl sites for hydroxylation is 2. The number of carbonyl (C=O) groups is 2. The number of piperazine rings is 2. The van der Waals surface area contributed by atoms with Gasteiger partial charge < -0.3 is 18.9 Å². The van der Waals surface area contributed by atoms with Gasteiger partial charge in [0.1, 0.15) is 23.3 Å². The Balaban J connectivity index is 0.000000169. The summed E-state index contributed by atoms with van der Waals surface area (Å²) >= 11 is 0. The van der Waals surface area contributed by atoms with E-state index in [0.29, 0.717) is 24.2 Å². The van der Waals surface area contributed by atoms with Crippen LogP contribution in [0.3, 0.4) is 0 Å². The largest absolute Gasteiger partial charge is 0.367 e. The van der Waals surface area contributed by atoms with Crippen molar-refractivity contribution in [2.75, 3.05) is 75.2 Å². The Kier molecular flexibility index (Phi) is 12.7. The van der Waals surface area contributed by atoms with E-state index in [4.69, 9.17) is 0 Å². The summed E-state index contributed by atoms with van der Waals surface area (Å²) in [5, 5.41) is 0. The molecule has 2 fully saturated rings. The summed E-state index contributed by atoms with van der Waals surface area (Å²) in [4.78, 5) is 32.6. The third-order valence-electron chi connectivity index (χ3n) is 11.6. The molecule has 8 nitrogen and oxygen atoms in total. The predicted octanol–water partition coefficient (Wildman–Crippen LogP) is 7.39. The van der Waals surface area contributed by atoms with Crippen molar-refractivity contribution in [2.24, 2.45) is 0 Å². The first-order valence-electron chi connectivity index (χ1n) is 20.0. The van der Waals surface area contributed by atoms with Crippen LogP contribution in [-0.4, -0.2) is 95.9 Å². The molecule has 2 aliphatic heterocycles. The van der Waals surface area contributed by atoms with Crippen LogP contribution in [0.15, 0.2) is 60.9 Å². The molecule has 0 saturated carbocycles. The molecule has 2 saturated heterocycles. The number of hydrogen-bond acceptors (Lipinski definition) is 6. The van der Waals surface area contributed by atoms with Crippen LogP contribution >= 0.6 is 0 Å². The number of benzene rings is 2. The van der Waals surface area contributed by atoms with E-state index in [9.17, 15) is 27.2 Å². The quantitative estimate of drug-likeness (QED) is 0.118. The average Bonchev–Trinajstić information content (AvgIpc) is 3.80. The van der Waals surface area contributed by atoms with Gasteiger partial charge in [-0.25, -0.2) is 17.6 Å². The van der Waals surface area contributed by atoms with Gasteiger partial charge in [-0.1, -0.05) is 0 Å². The zero-order chi connectivity index (χ0) is 38.3. The number of Topliss-reactive ketones (excluding diaryl/α,β-unsaturated/α-hetero) is 2. The molecule has 0 spiro atoms. The van der Waals surface area contributed by atoms with E-state index in [0.717, 1.165) is 147 Å². The Labute approximate surface area is 321 Å². The third-order valence-corrected chi connectivity index (χ3v) is 11.6. The fourth-order valence-electron chi connectivity index (χ4n) is 8.58. The maximum Gasteiger partial charge on any atom is 0.164 e. The first-order valence-corrected chi connectivity index (χ1v) is 20.0. The predicted molar refractivity (Wildman–Crippen MR) is 207 cm³/mol. The molecule has 2 aromatic heterocycles. The van der Waals surface area contributed by atoms with Gasteiger partial charge in [0.2, 0.25) is 0 Å². The van der Waals surface area contributed by atoms with Crippen molar-refractivity contribution in [3.8, 4) is 0 Å². The summed E-state index contributed by atoms with van der Waals surface area (Å²) in [6.45, 7) is 10.5. The molecule has 2 aliphatic carbocycles. The second kappa shape index (κ2) is 18.0. The molecule has 4 heterocycles. The van der Waals surface area contributed by atoms with Crippen molar-refractivity contribution in [3.63, 3.8) is 0 Å². The second-order valence-electron chi connectivity index (χ2n) is 15.2. The number of carbonyl (C=O) groups excluding carboxylic acids is 2. The first kappa shape index (κ1) is 38.8. The molecule has 0 N–H and O–H groups in total. The maximum absolute atomic E-state index is 13.9. The van der Waals surface area contributed by atoms with Crippen LogP contribution in [0.1, 0.15) is 77.0 Å². The van der Waals surface area contributed by atoms with Crippen molar-refractivity contribution >= 4 is 22.9 Å². The van der Waals surface area contributed by atoms with Gasteiger partial charge in [-0.15, -0.1) is 0 Å². The summed E-state index contributed by atoms with van der Waals surface area (Å²) in [5.74, 6) is -1.48. The summed E-state index contributed by atoms with van der Waals surface area (Å²) in [6.07, 6.45) is 12.6. The van der Waals surface area contributed by atoms with E-state index in [-0.39, 0.29) is 11.6 Å². The number of fused-ring (bicyclic) bond motifs is 2. The van der Waals surface area contributed by atoms with Crippen molar-refractivity contribution in [1.29, 1.82) is 0 Å². The standard InChI is InChI=1S/C22H27F2N3O.C21H25F2N3O/c23-17-6-7-21(19(24)16-17)27-14-12-25(13-15-27)9-1-2-10-26-11-8-18-20(26)4-3-5-22(18)28;22-16-5-6-20(18(23)15-16)26-13-11-24(12-14-26)8-2-9-25-10-7-17-19(25)3-1-4-21(17)27/h6-8,11,16H,1-5,9-10,12-15H2;5-7,10,15H,1-4,8-9,11-14H2. The van der Waals surface area contributed by atoms with Crippen LogP contribution in [0, 0.1) is 23.3 Å². The number of hydrogen-bond donors (Lipinski definition) is 0. The minimum atomic E-state index is -0.538. The maximum atomic E-state index is 13.9. The van der Waals surface area contributed by atoms with Crippen LogP contribution in [0.2, 0.25) is 0 Å². The molecule has 0 atom stereocenters. The van der Waals surface area contributed by atoms with Crippen molar-refractivity contribution in [3.05, 3.63) is 107 Å². The molecule has 294 valence electrons. The Morgan fingerprint density at radius 3 is 1.35 bits per heavy atom. The lowest BCUT2D eigenvalue weighted by molar-refractivity contribution is 0.0963. The van der Waals surface area contributed by atoms with E-state index >= 15 is 0 Å². The fourth-order valence-corrected chi connectivity index (χ4v) is 8.58. The smallest absolute Gasteiger partial charge is 0.164 e. The van der Waals surface area contributed by atoms with Crippen LogP contribution in [0.4, 0.5) is 28.9 Å². The number of nitrogens with zero attached hydrogens (tertiary/aromatic N) is 6. The molecule has 0 amide bonds. The average molecular weight is 761 g/mol. The highest BCUT2D eigenvalue weighted by Gasteiger charge is 2.24. The number of aromatic nitrogens is 2. The topological polar surface area (TPSA) is 57.0 Å². The van der Waals surface area contributed by atoms with E-state index in [1.165, 1.54) is 35.7 Å². The molecule has 8 rings (SSSR count). The van der Waals surface area contributed by atoms with Gasteiger partial charge >= 0.3 is 0 Å². The molecule has 55 heavy (non-hydrogen) atoms. The van der Waals surface area contributed by atoms with Gasteiger partial charge in [0, 0.05) is 125 Å². The zero-order valence-corrected chi connectivity index (χ0v) is 31.6. The van der Waals surface area contributed by atoms with E-state index in [1.807, 2.05) is 28.1 Å². The number of halogens is 4. The monoisotopic (exact) mass is 760 g/mol. The van der Waals surface area contributed by atoms with Gasteiger partial charge in [0.25, 0.3) is 0 Å². The van der Waals surface area contributed by atoms with Crippen molar-refractivity contribution in [2.45, 2.75) is 70.9 Å². The summed E-state index contributed by atoms with van der Waals surface area (Å²) < 4.78 is 58.5. The SMILES string of the molecule is O=C1CCCc2c1ccn2CCCCN1CCN(c2ccc(F)cc2F)CC1.O=C1CCCc2c1ccn2CCCN1CCN(c2ccc(F)cc2F)CC1. The molecular weight excluding hydrogens is 709 g/mol. The van der Waals surface area contributed by atoms with E-state index in [1.54, 1.807) is 0 Å². The molecule has 12 heteroatoms. The number of unbranched alkanes of at least 4 members (excludes halogenated alkanes) is 1. The van der Waals surface area contributed by atoms with Gasteiger partial charge in [-0.2, -0.15) is 0 Å². The van der Waals surface area contributed by atoms with Gasteiger partial charge in [-0.3, -0.25) is 19.4 Å². The van der Waals surface area contributed by atoms with E-state index in [2.05, 4.69) is 25.1 Å². The number of rotatable bonds is 11. The lowest BCUT2D eigenvalue weighted by Crippen LogP contribution is -2.47. The molecule has 4 aliphatic rings. The minimum Gasteiger partial charge on any atom is -0.367 e. The lowest BCUT2D eigenvalue weighted by atomic mass is 9.97. The van der Waals surface area contributed by atoms with Gasteiger partial charge in [-0.05, 0) is 94.4 Å². The van der Waals surface area contributed by atoms with Crippen LogP contribution in [-0.2, 0) is 25.9 Å². The third kappa shape index (κ3) is 9.52. The highest BCUT2D eigenvalue weighted by atomic mass is 19.1. The molecule has 0 radical (unpaired) electrons. The van der Waals surface area contributed by atoms with Crippen molar-refractivity contribution in [1.82, 2.24) is 18.9 Å². The molecule has 0 unspecified atom stereocenters. The Morgan fingerprint density at radius 1 is 0.473 bits per heavy atom. The second-order valence-corrected chi connectivity index (χ2v) is 15.2. The zero-order valence-electron chi connectivity index (χ0n) is 31.6. The Bertz CT molecular complexity index is 1940. The molecular formula is C43H52F4N6O2. The molecule has 4 aromatic rings. The first-order chi connectivity index (χ1) is 26.7. The van der Waals surface area contributed by atoms with Gasteiger partial charge in [0.15, 0.2) is 11.6 Å². The highest BCUT2D eigenvalue weighted by Crippen LogP contribution is 2.26. The van der Waals surface area contributed by atoms with Crippen LogP contribution in [0.25, 0.3) is 0 Å². The molecule has 2 aromatic carbocycles. The van der Waals surface area contributed by atoms with Crippen LogP contribution < -0.4 is 9.80 Å². The van der Waals surface area contributed by atoms with E-state index < -0.39 is 23.3 Å². The fraction of sp³-hybridized carbons (Fsp3) is 0.488. The lowest BCUT2D eigenvalue weighted by Gasteiger charge is -2.36. The van der Waals surface area contributed by atoms with Crippen LogP contribution in [0.5, 0.6) is 0 Å². The van der Waals surface area contributed by atoms with Gasteiger partial charge in [0.05, 0.1) is 11.4 Å². The molecule has 0 bridgehead atoms. The summed E-state index contributed by atoms with van der Waals surface area (Å²) in [7, 11) is 0. The van der Waals surface area contributed by atoms with Crippen molar-refractivity contribution < 1.29 is 27.2 Å². The number of anilines is 2.